The molecule has 0 unspecified atom stereocenters. The van der Waals surface area contributed by atoms with E-state index in [4.69, 9.17) is 11.5 Å². The van der Waals surface area contributed by atoms with E-state index in [0.717, 1.165) is 42.5 Å². The van der Waals surface area contributed by atoms with Crippen molar-refractivity contribution in [3.8, 4) is 0 Å². The second-order valence-electron chi connectivity index (χ2n) is 6.32. The number of nitrogens with zero attached hydrogens (tertiary/aromatic N) is 4. The highest BCUT2D eigenvalue weighted by Gasteiger charge is 2.10. The first-order valence-corrected chi connectivity index (χ1v) is 8.59. The standard InChI is InChI=1S/C19H20N6O/c20-18(26)13-7-8-17-15(11-13)23-19(21)25(17)10-4-3-9-24-12-22-14-5-1-2-6-16(14)24/h1-2,5-8,11-12H,3-4,9-10H2,(H2,20,26)(H2,21,23). The summed E-state index contributed by atoms with van der Waals surface area (Å²) in [7, 11) is 0. The predicted octanol–water partition coefficient (Wildman–Crippen LogP) is 2.55. The lowest BCUT2D eigenvalue weighted by Crippen LogP contribution is -2.10. The fraction of sp³-hybridized carbons (Fsp3) is 0.211. The Hall–Kier alpha value is -3.35. The van der Waals surface area contributed by atoms with Crippen molar-refractivity contribution in [3.05, 3.63) is 54.4 Å². The van der Waals surface area contributed by atoms with E-state index in [2.05, 4.69) is 20.6 Å². The average molecular weight is 348 g/mol. The number of fused-ring (bicyclic) bond motifs is 2. The van der Waals surface area contributed by atoms with Crippen molar-refractivity contribution < 1.29 is 4.79 Å². The number of carbonyl (C=O) groups excluding carboxylic acids is 1. The highest BCUT2D eigenvalue weighted by atomic mass is 16.1. The van der Waals surface area contributed by atoms with Gasteiger partial charge in [0, 0.05) is 18.7 Å². The number of anilines is 1. The van der Waals surface area contributed by atoms with E-state index >= 15 is 0 Å². The molecule has 0 spiro atoms. The van der Waals surface area contributed by atoms with Gasteiger partial charge in [0.25, 0.3) is 0 Å². The Kier molecular flexibility index (Phi) is 4.04. The molecule has 0 radical (unpaired) electrons. The van der Waals surface area contributed by atoms with Crippen molar-refractivity contribution in [1.29, 1.82) is 0 Å². The highest BCUT2D eigenvalue weighted by molar-refractivity contribution is 5.96. The number of primary amides is 1. The smallest absolute Gasteiger partial charge is 0.248 e. The fourth-order valence-electron chi connectivity index (χ4n) is 3.28. The monoisotopic (exact) mass is 348 g/mol. The second kappa shape index (κ2) is 6.51. The van der Waals surface area contributed by atoms with Crippen LogP contribution in [0.5, 0.6) is 0 Å². The molecule has 26 heavy (non-hydrogen) atoms. The van der Waals surface area contributed by atoms with Gasteiger partial charge in [-0.15, -0.1) is 0 Å². The molecule has 0 aliphatic heterocycles. The van der Waals surface area contributed by atoms with Gasteiger partial charge in [-0.25, -0.2) is 9.97 Å². The van der Waals surface area contributed by atoms with Crippen molar-refractivity contribution in [2.45, 2.75) is 25.9 Å². The number of hydrogen-bond donors (Lipinski definition) is 2. The van der Waals surface area contributed by atoms with Crippen LogP contribution in [0.4, 0.5) is 5.95 Å². The minimum atomic E-state index is -0.465. The number of aromatic nitrogens is 4. The van der Waals surface area contributed by atoms with Crippen LogP contribution < -0.4 is 11.5 Å². The summed E-state index contributed by atoms with van der Waals surface area (Å²) in [5, 5.41) is 0. The number of hydrogen-bond acceptors (Lipinski definition) is 4. The fourth-order valence-corrected chi connectivity index (χ4v) is 3.28. The number of rotatable bonds is 6. The maximum Gasteiger partial charge on any atom is 0.248 e. The van der Waals surface area contributed by atoms with Gasteiger partial charge in [-0.05, 0) is 43.2 Å². The zero-order valence-corrected chi connectivity index (χ0v) is 14.3. The quantitative estimate of drug-likeness (QED) is 0.522. The summed E-state index contributed by atoms with van der Waals surface area (Å²) in [6.45, 7) is 1.67. The topological polar surface area (TPSA) is 105 Å². The predicted molar refractivity (Wildman–Crippen MR) is 102 cm³/mol. The van der Waals surface area contributed by atoms with Crippen molar-refractivity contribution >= 4 is 33.9 Å². The summed E-state index contributed by atoms with van der Waals surface area (Å²) in [6, 6.07) is 13.4. The molecule has 0 saturated carbocycles. The van der Waals surface area contributed by atoms with Crippen LogP contribution in [0.15, 0.2) is 48.8 Å². The molecule has 2 heterocycles. The summed E-state index contributed by atoms with van der Waals surface area (Å²) < 4.78 is 4.15. The van der Waals surface area contributed by atoms with Gasteiger partial charge in [-0.3, -0.25) is 4.79 Å². The molecule has 1 amide bonds. The van der Waals surface area contributed by atoms with E-state index in [9.17, 15) is 4.79 Å². The summed E-state index contributed by atoms with van der Waals surface area (Å²) >= 11 is 0. The number of aryl methyl sites for hydroxylation is 2. The summed E-state index contributed by atoms with van der Waals surface area (Å²) in [5.74, 6) is -0.0118. The van der Waals surface area contributed by atoms with Crippen LogP contribution in [-0.4, -0.2) is 25.0 Å². The lowest BCUT2D eigenvalue weighted by molar-refractivity contribution is 0.100. The second-order valence-corrected chi connectivity index (χ2v) is 6.32. The molecule has 0 aliphatic carbocycles. The van der Waals surface area contributed by atoms with E-state index in [1.165, 1.54) is 0 Å². The number of para-hydroxylation sites is 2. The zero-order valence-electron chi connectivity index (χ0n) is 14.3. The van der Waals surface area contributed by atoms with Gasteiger partial charge in [0.15, 0.2) is 0 Å². The third kappa shape index (κ3) is 2.88. The van der Waals surface area contributed by atoms with Crippen molar-refractivity contribution in [2.75, 3.05) is 5.73 Å². The SMILES string of the molecule is NC(=O)c1ccc2c(c1)nc(N)n2CCCCn1cnc2ccccc21. The van der Waals surface area contributed by atoms with Crippen LogP contribution in [0, 0.1) is 0 Å². The van der Waals surface area contributed by atoms with Crippen LogP contribution in [0.3, 0.4) is 0 Å². The van der Waals surface area contributed by atoms with Crippen LogP contribution >= 0.6 is 0 Å². The van der Waals surface area contributed by atoms with Crippen molar-refractivity contribution in [3.63, 3.8) is 0 Å². The van der Waals surface area contributed by atoms with E-state index in [1.54, 1.807) is 12.1 Å². The molecule has 0 fully saturated rings. The summed E-state index contributed by atoms with van der Waals surface area (Å²) in [5.41, 5.74) is 15.6. The third-order valence-corrected chi connectivity index (χ3v) is 4.62. The van der Waals surface area contributed by atoms with Gasteiger partial charge in [0.1, 0.15) is 0 Å². The number of carbonyl (C=O) groups is 1. The Morgan fingerprint density at radius 3 is 2.65 bits per heavy atom. The van der Waals surface area contributed by atoms with E-state index in [1.807, 2.05) is 35.2 Å². The van der Waals surface area contributed by atoms with Gasteiger partial charge < -0.3 is 20.6 Å². The molecule has 0 saturated heterocycles. The molecule has 7 heteroatoms. The van der Waals surface area contributed by atoms with Crippen LogP contribution in [-0.2, 0) is 13.1 Å². The largest absolute Gasteiger partial charge is 0.369 e. The van der Waals surface area contributed by atoms with Crippen molar-refractivity contribution in [1.82, 2.24) is 19.1 Å². The summed E-state index contributed by atoms with van der Waals surface area (Å²) in [4.78, 5) is 20.1. The first-order valence-electron chi connectivity index (χ1n) is 8.59. The van der Waals surface area contributed by atoms with Gasteiger partial charge in [0.05, 0.1) is 28.4 Å². The number of unbranched alkanes of at least 4 members (excludes halogenated alkanes) is 1. The average Bonchev–Trinajstić information content (AvgIpc) is 3.18. The number of nitrogens with two attached hydrogens (primary N) is 2. The molecule has 0 atom stereocenters. The van der Waals surface area contributed by atoms with Crippen LogP contribution in [0.25, 0.3) is 22.1 Å². The normalized spacial score (nSPS) is 11.4. The van der Waals surface area contributed by atoms with Gasteiger partial charge >= 0.3 is 0 Å². The molecule has 4 aromatic rings. The molecule has 4 N–H and O–H groups in total. The Morgan fingerprint density at radius 1 is 1.00 bits per heavy atom. The lowest BCUT2D eigenvalue weighted by Gasteiger charge is -2.08. The lowest BCUT2D eigenvalue weighted by atomic mass is 10.2. The maximum absolute atomic E-state index is 11.3. The van der Waals surface area contributed by atoms with Crippen molar-refractivity contribution in [2.24, 2.45) is 5.73 Å². The molecular formula is C19H20N6O. The minimum Gasteiger partial charge on any atom is -0.369 e. The van der Waals surface area contributed by atoms with Crippen LogP contribution in [0.2, 0.25) is 0 Å². The third-order valence-electron chi connectivity index (χ3n) is 4.62. The van der Waals surface area contributed by atoms with Gasteiger partial charge in [0.2, 0.25) is 11.9 Å². The Morgan fingerprint density at radius 2 is 1.81 bits per heavy atom. The molecule has 2 aromatic carbocycles. The van der Waals surface area contributed by atoms with Gasteiger partial charge in [-0.2, -0.15) is 0 Å². The molecular weight excluding hydrogens is 328 g/mol. The maximum atomic E-state index is 11.3. The van der Waals surface area contributed by atoms with E-state index in [-0.39, 0.29) is 0 Å². The number of imidazole rings is 2. The highest BCUT2D eigenvalue weighted by Crippen LogP contribution is 2.20. The number of nitrogen functional groups attached to an aromatic ring is 1. The molecule has 7 nitrogen and oxygen atoms in total. The molecule has 2 aromatic heterocycles. The van der Waals surface area contributed by atoms with Gasteiger partial charge in [-0.1, -0.05) is 12.1 Å². The molecule has 4 rings (SSSR count). The Balaban J connectivity index is 1.44. The molecule has 132 valence electrons. The van der Waals surface area contributed by atoms with Crippen LogP contribution in [0.1, 0.15) is 23.2 Å². The number of amides is 1. The molecule has 0 bridgehead atoms. The first-order chi connectivity index (χ1) is 12.6. The van der Waals surface area contributed by atoms with E-state index < -0.39 is 5.91 Å². The number of benzene rings is 2. The summed E-state index contributed by atoms with van der Waals surface area (Å²) in [6.07, 6.45) is 3.84. The Bertz CT molecular complexity index is 1090. The minimum absolute atomic E-state index is 0.439. The first kappa shape index (κ1) is 16.1. The van der Waals surface area contributed by atoms with E-state index in [0.29, 0.717) is 17.0 Å². The molecule has 0 aliphatic rings. The zero-order chi connectivity index (χ0) is 18.1. The Labute approximate surface area is 150 Å².